The zero-order valence-corrected chi connectivity index (χ0v) is 55.8. The number of hydrogen-bond acceptors (Lipinski definition) is 11. The summed E-state index contributed by atoms with van der Waals surface area (Å²) in [5.74, 6) is -1.42. The Kier molecular flexibility index (Phi) is 21.6. The molecular weight excluding hydrogens is 1240 g/mol. The van der Waals surface area contributed by atoms with E-state index < -0.39 is 49.9 Å². The van der Waals surface area contributed by atoms with E-state index in [1.54, 1.807) is 54.6 Å². The predicted molar refractivity (Wildman–Crippen MR) is 358 cm³/mol. The number of ether oxygens (including phenoxy) is 1. The number of imide groups is 1. The number of nitrogens with zero attached hydrogens (tertiary/aromatic N) is 2. The van der Waals surface area contributed by atoms with Gasteiger partial charge in [-0.25, -0.2) is 0 Å². The van der Waals surface area contributed by atoms with Gasteiger partial charge in [0.2, 0.25) is 15.9 Å². The Labute approximate surface area is 548 Å². The van der Waals surface area contributed by atoms with Crippen LogP contribution >= 0.6 is 32.1 Å². The summed E-state index contributed by atoms with van der Waals surface area (Å²) >= 11 is 0. The van der Waals surface area contributed by atoms with Gasteiger partial charge in [-0.2, -0.15) is 9.79 Å². The van der Waals surface area contributed by atoms with E-state index in [1.807, 2.05) is 167 Å². The van der Waals surface area contributed by atoms with Crippen LogP contribution in [0.2, 0.25) is 0 Å². The molecule has 1 aliphatic heterocycles. The predicted octanol–water partition coefficient (Wildman–Crippen LogP) is 8.20. The molecule has 91 heavy (non-hydrogen) atoms. The molecule has 2 amide bonds. The molecule has 4 atom stereocenters. The molecule has 1 aliphatic rings. The van der Waals surface area contributed by atoms with Crippen molar-refractivity contribution in [1.29, 1.82) is 0 Å². The molecule has 1 heterocycles. The van der Waals surface area contributed by atoms with Gasteiger partial charge in [0.25, 0.3) is 11.8 Å². The van der Waals surface area contributed by atoms with Crippen molar-refractivity contribution < 1.29 is 96.5 Å². The van der Waals surface area contributed by atoms with Crippen LogP contribution in [0.1, 0.15) is 27.1 Å². The third-order valence-corrected chi connectivity index (χ3v) is 18.8. The minimum atomic E-state index is -2.60. The molecular formula is C70H58N3NaO13P4+4. The maximum Gasteiger partial charge on any atom is 1.00 e. The molecule has 0 bridgehead atoms. The molecule has 21 heteroatoms. The zero-order chi connectivity index (χ0) is 64.1. The maximum atomic E-state index is 12.5. The van der Waals surface area contributed by atoms with E-state index in [2.05, 4.69) is 24.3 Å². The van der Waals surface area contributed by atoms with Gasteiger partial charge in [0, 0.05) is 91.3 Å². The number of anilines is 1. The number of methoxy groups -OCH3 is 1. The van der Waals surface area contributed by atoms with Crippen LogP contribution in [0, 0.1) is 0 Å². The minimum Gasteiger partial charge on any atom is -0.591 e. The van der Waals surface area contributed by atoms with Crippen LogP contribution in [0.15, 0.2) is 212 Å². The summed E-state index contributed by atoms with van der Waals surface area (Å²) in [6.45, 7) is -0.144. The van der Waals surface area contributed by atoms with E-state index in [0.29, 0.717) is 48.9 Å². The number of aliphatic carboxylic acids is 1. The first kappa shape index (κ1) is 67.0. The number of hydrogen-bond donors (Lipinski definition) is 4. The van der Waals surface area contributed by atoms with Gasteiger partial charge in [-0.15, -0.1) is 0 Å². The summed E-state index contributed by atoms with van der Waals surface area (Å²) in [7, 11) is -0.256. The molecule has 0 spiro atoms. The number of carbonyl (C=O) groups excluding carboxylic acids is 2. The second-order valence-corrected chi connectivity index (χ2v) is 25.4. The quantitative estimate of drug-likeness (QED) is 0.0332. The summed E-state index contributed by atoms with van der Waals surface area (Å²) in [5, 5.41) is 25.6. The minimum absolute atomic E-state index is 0. The summed E-state index contributed by atoms with van der Waals surface area (Å²) in [5.41, 5.74) is 2.93. The van der Waals surface area contributed by atoms with Gasteiger partial charge in [-0.05, 0) is 139 Å². The molecule has 13 aromatic rings. The van der Waals surface area contributed by atoms with Crippen LogP contribution in [0.4, 0.5) is 11.4 Å². The van der Waals surface area contributed by atoms with Crippen molar-refractivity contribution in [3.05, 3.63) is 223 Å². The molecule has 0 saturated heterocycles. The molecule has 14 rings (SSSR count). The first-order valence-corrected chi connectivity index (χ1v) is 32.9. The Bertz CT molecular complexity index is 4850. The largest absolute Gasteiger partial charge is 1.00 e. The summed E-state index contributed by atoms with van der Waals surface area (Å²) in [4.78, 5) is 81.2. The van der Waals surface area contributed by atoms with E-state index in [1.165, 1.54) is 28.2 Å². The fourth-order valence-corrected chi connectivity index (χ4v) is 14.1. The molecule has 4 N–H and O–H groups in total. The molecule has 13 aromatic carbocycles. The SMILES string of the molecule is CN(C)c1cccc2c([P+](=O)O)cccc12.COc1ccc2c3c(cccc13)C(=O)N(CCC(=O)O)C2=O.C[NH+](C)c1cccc2c([P+](=O)[O-])cccc12.O=[P+](O)c1ccc2ccc3cccc4ccc1c2c34.O=[P+]([O-])c1c2ccccc2cc2ccccc12.[Na+]. The number of fused-ring (bicyclic) bond motifs is 4. The second-order valence-electron chi connectivity index (χ2n) is 21.3. The van der Waals surface area contributed by atoms with E-state index in [9.17, 15) is 52.2 Å². The van der Waals surface area contributed by atoms with E-state index in [-0.39, 0.29) is 42.5 Å². The molecule has 0 radical (unpaired) electrons. The van der Waals surface area contributed by atoms with Gasteiger partial charge >= 0.3 is 67.6 Å². The van der Waals surface area contributed by atoms with Crippen LogP contribution in [0.3, 0.4) is 0 Å². The third kappa shape index (κ3) is 13.9. The fourth-order valence-electron chi connectivity index (χ4n) is 11.5. The van der Waals surface area contributed by atoms with Crippen molar-refractivity contribution in [3.63, 3.8) is 0 Å². The second kappa shape index (κ2) is 29.3. The Morgan fingerprint density at radius 3 is 1.55 bits per heavy atom. The average Bonchev–Trinajstić information content (AvgIpc) is 0.768. The summed E-state index contributed by atoms with van der Waals surface area (Å²) < 4.78 is 50.6. The topological polar surface area (TPSA) is 246 Å². The Morgan fingerprint density at radius 2 is 0.967 bits per heavy atom. The third-order valence-electron chi connectivity index (χ3n) is 15.6. The van der Waals surface area contributed by atoms with Crippen LogP contribution in [0.5, 0.6) is 5.75 Å². The number of quaternary nitrogens is 1. The van der Waals surface area contributed by atoms with Gasteiger partial charge in [0.05, 0.1) is 27.6 Å². The van der Waals surface area contributed by atoms with Crippen LogP contribution in [-0.2, 0) is 23.1 Å². The van der Waals surface area contributed by atoms with Gasteiger partial charge in [-0.1, -0.05) is 124 Å². The number of rotatable bonds is 10. The van der Waals surface area contributed by atoms with Gasteiger partial charge < -0.3 is 29.4 Å². The van der Waals surface area contributed by atoms with E-state index >= 15 is 0 Å². The van der Waals surface area contributed by atoms with E-state index in [0.717, 1.165) is 75.5 Å². The van der Waals surface area contributed by atoms with Crippen LogP contribution < -0.4 is 75.1 Å². The first-order chi connectivity index (χ1) is 43.3. The van der Waals surface area contributed by atoms with Crippen molar-refractivity contribution in [1.82, 2.24) is 4.90 Å². The number of benzene rings is 13. The Morgan fingerprint density at radius 1 is 0.495 bits per heavy atom. The fraction of sp³-hybridized carbons (Fsp3) is 0.100. The number of amides is 2. The molecule has 0 saturated carbocycles. The summed E-state index contributed by atoms with van der Waals surface area (Å²) in [6, 6.07) is 65.9. The average molecular weight is 1300 g/mol. The van der Waals surface area contributed by atoms with Crippen molar-refractivity contribution in [3.8, 4) is 5.75 Å². The molecule has 16 nitrogen and oxygen atoms in total. The normalized spacial score (nSPS) is 12.3. The molecule has 0 aromatic heterocycles. The Hall–Kier alpha value is -8.39. The van der Waals surface area contributed by atoms with Crippen molar-refractivity contribution in [2.24, 2.45) is 0 Å². The number of carbonyl (C=O) groups is 3. The van der Waals surface area contributed by atoms with E-state index in [4.69, 9.17) is 9.84 Å². The monoisotopic (exact) mass is 1300 g/mol. The van der Waals surface area contributed by atoms with Crippen LogP contribution in [-0.4, -0.2) is 79.4 Å². The van der Waals surface area contributed by atoms with Crippen LogP contribution in [0.25, 0.3) is 86.2 Å². The first-order valence-electron chi connectivity index (χ1n) is 28.2. The Balaban J connectivity index is 0.000000135. The molecule has 4 unspecified atom stereocenters. The van der Waals surface area contributed by atoms with Gasteiger partial charge in [0.1, 0.15) is 11.4 Å². The summed E-state index contributed by atoms with van der Waals surface area (Å²) in [6.07, 6.45) is -0.279. The van der Waals surface area contributed by atoms with Crippen molar-refractivity contribution in [2.45, 2.75) is 6.42 Å². The number of carboxylic acid groups (broad SMARTS) is 1. The van der Waals surface area contributed by atoms with Gasteiger partial charge in [0.15, 0.2) is 5.30 Å². The maximum absolute atomic E-state index is 12.5. The molecule has 0 aliphatic carbocycles. The standard InChI is InChI=1S/C16H13NO5.C16H9O2P.C14H9O2P.2C12H12NO2P.Na/c1-22-12-6-5-11-14-9(12)3-2-4-10(14)15(20)17(16(11)21)8-7-13(18)19;17-19(18)14-9-7-12-5-4-10-2-1-3-11-6-8-13(14)16(12)15(10)11;15-17(16)14-12-7-3-1-5-10(12)9-11-6-2-4-8-13(11)14;2*1-13(2)11-7-3-6-10-9(11)5-4-8-12(10)16(14)15;/h2-6H,7-8H2,1H3,(H,18,19);1-9H;1-9H;2*3-8H,1-2H3;/q;;;;;+1/p+3. The smallest absolute Gasteiger partial charge is 0.591 e. The number of carboxylic acids is 1. The molecule has 0 fully saturated rings. The van der Waals surface area contributed by atoms with Crippen molar-refractivity contribution >= 4 is 169 Å². The number of nitrogens with one attached hydrogen (secondary N) is 1. The zero-order valence-electron chi connectivity index (χ0n) is 50.2. The van der Waals surface area contributed by atoms with Gasteiger partial charge in [-0.3, -0.25) is 19.3 Å². The molecule has 448 valence electrons. The van der Waals surface area contributed by atoms with Crippen molar-refractivity contribution in [2.75, 3.05) is 46.7 Å².